The molecule has 1 aromatic carbocycles. The summed E-state index contributed by atoms with van der Waals surface area (Å²) in [6.45, 7) is 13.2. The van der Waals surface area contributed by atoms with Crippen molar-refractivity contribution in [1.29, 1.82) is 0 Å². The third-order valence-corrected chi connectivity index (χ3v) is 3.68. The number of nitrogens with one attached hydrogen (secondary N) is 1. The molecule has 0 aliphatic rings. The molecule has 0 heterocycles. The second-order valence-corrected chi connectivity index (χ2v) is 5.70. The molecule has 18 heavy (non-hydrogen) atoms. The smallest absolute Gasteiger partial charge is 0.0393 e. The summed E-state index contributed by atoms with van der Waals surface area (Å²) < 4.78 is 0. The van der Waals surface area contributed by atoms with Gasteiger partial charge < -0.3 is 10.2 Å². The van der Waals surface area contributed by atoms with Crippen molar-refractivity contribution in [1.82, 2.24) is 5.32 Å². The maximum atomic E-state index is 3.57. The van der Waals surface area contributed by atoms with Crippen molar-refractivity contribution in [3.8, 4) is 0 Å². The van der Waals surface area contributed by atoms with Crippen molar-refractivity contribution in [3.05, 3.63) is 29.3 Å². The van der Waals surface area contributed by atoms with Crippen LogP contribution in [0.4, 0.5) is 5.69 Å². The summed E-state index contributed by atoms with van der Waals surface area (Å²) >= 11 is 0. The van der Waals surface area contributed by atoms with Crippen molar-refractivity contribution in [3.63, 3.8) is 0 Å². The van der Waals surface area contributed by atoms with E-state index in [0.29, 0.717) is 12.0 Å². The van der Waals surface area contributed by atoms with Gasteiger partial charge in [0.2, 0.25) is 0 Å². The van der Waals surface area contributed by atoms with Crippen LogP contribution in [0.1, 0.15) is 31.9 Å². The molecule has 1 atom stereocenters. The molecule has 0 amide bonds. The van der Waals surface area contributed by atoms with Crippen LogP contribution in [0.5, 0.6) is 0 Å². The number of hydrogen-bond acceptors (Lipinski definition) is 2. The Hall–Kier alpha value is -1.02. The molecule has 0 saturated carbocycles. The summed E-state index contributed by atoms with van der Waals surface area (Å²) in [6, 6.07) is 7.23. The zero-order valence-electron chi connectivity index (χ0n) is 12.7. The highest BCUT2D eigenvalue weighted by Crippen LogP contribution is 2.19. The molecule has 1 rings (SSSR count). The van der Waals surface area contributed by atoms with Gasteiger partial charge in [-0.05, 0) is 38.3 Å². The van der Waals surface area contributed by atoms with Gasteiger partial charge in [0.25, 0.3) is 0 Å². The third-order valence-electron chi connectivity index (χ3n) is 3.68. The monoisotopic (exact) mass is 248 g/mol. The largest absolute Gasteiger partial charge is 0.373 e. The van der Waals surface area contributed by atoms with Gasteiger partial charge in [0.15, 0.2) is 0 Å². The SMILES string of the molecule is Cc1ccc(N(C)CCNC(C)C(C)C)c(C)c1. The first-order valence-electron chi connectivity index (χ1n) is 6.93. The number of nitrogens with zero attached hydrogens (tertiary/aromatic N) is 1. The van der Waals surface area contributed by atoms with E-state index < -0.39 is 0 Å². The molecule has 2 nitrogen and oxygen atoms in total. The Kier molecular flexibility index (Phi) is 5.67. The highest BCUT2D eigenvalue weighted by atomic mass is 15.1. The van der Waals surface area contributed by atoms with E-state index in [4.69, 9.17) is 0 Å². The van der Waals surface area contributed by atoms with Gasteiger partial charge in [-0.1, -0.05) is 31.5 Å². The Bertz CT molecular complexity index is 371. The molecule has 0 fully saturated rings. The topological polar surface area (TPSA) is 15.3 Å². The summed E-state index contributed by atoms with van der Waals surface area (Å²) in [7, 11) is 2.17. The zero-order valence-corrected chi connectivity index (χ0v) is 12.7. The highest BCUT2D eigenvalue weighted by molar-refractivity contribution is 5.53. The normalized spacial score (nSPS) is 12.8. The fraction of sp³-hybridized carbons (Fsp3) is 0.625. The van der Waals surface area contributed by atoms with Gasteiger partial charge in [-0.15, -0.1) is 0 Å². The number of rotatable bonds is 6. The van der Waals surface area contributed by atoms with Crippen LogP contribution in [0.25, 0.3) is 0 Å². The lowest BCUT2D eigenvalue weighted by molar-refractivity contribution is 0.431. The van der Waals surface area contributed by atoms with E-state index in [1.807, 2.05) is 0 Å². The second kappa shape index (κ2) is 6.79. The van der Waals surface area contributed by atoms with Crippen LogP contribution >= 0.6 is 0 Å². The Balaban J connectivity index is 2.48. The van der Waals surface area contributed by atoms with Crippen molar-refractivity contribution in [2.24, 2.45) is 5.92 Å². The number of anilines is 1. The van der Waals surface area contributed by atoms with E-state index in [-0.39, 0.29) is 0 Å². The summed E-state index contributed by atoms with van der Waals surface area (Å²) in [5.41, 5.74) is 4.02. The predicted octanol–water partition coefficient (Wildman–Crippen LogP) is 3.37. The van der Waals surface area contributed by atoms with Crippen LogP contribution < -0.4 is 10.2 Å². The van der Waals surface area contributed by atoms with Crippen molar-refractivity contribution in [2.75, 3.05) is 25.0 Å². The Morgan fingerprint density at radius 3 is 2.39 bits per heavy atom. The molecule has 1 aromatic rings. The van der Waals surface area contributed by atoms with E-state index in [9.17, 15) is 0 Å². The first-order valence-corrected chi connectivity index (χ1v) is 6.93. The average Bonchev–Trinajstić information content (AvgIpc) is 2.28. The van der Waals surface area contributed by atoms with Crippen LogP contribution in [0.3, 0.4) is 0 Å². The molecule has 102 valence electrons. The molecule has 1 unspecified atom stereocenters. The molecule has 0 bridgehead atoms. The Morgan fingerprint density at radius 1 is 1.17 bits per heavy atom. The Labute approximate surface area is 112 Å². The van der Waals surface area contributed by atoms with Gasteiger partial charge >= 0.3 is 0 Å². The minimum atomic E-state index is 0.581. The van der Waals surface area contributed by atoms with Crippen LogP contribution in [-0.4, -0.2) is 26.2 Å². The van der Waals surface area contributed by atoms with Crippen molar-refractivity contribution >= 4 is 5.69 Å². The maximum absolute atomic E-state index is 3.57. The number of likely N-dealkylation sites (N-methyl/N-ethyl adjacent to an activating group) is 1. The van der Waals surface area contributed by atoms with Gasteiger partial charge in [-0.3, -0.25) is 0 Å². The number of hydrogen-bond donors (Lipinski definition) is 1. The highest BCUT2D eigenvalue weighted by Gasteiger charge is 2.07. The predicted molar refractivity (Wildman–Crippen MR) is 81.5 cm³/mol. The summed E-state index contributed by atoms with van der Waals surface area (Å²) in [6.07, 6.45) is 0. The van der Waals surface area contributed by atoms with Crippen LogP contribution in [-0.2, 0) is 0 Å². The molecule has 2 heteroatoms. The number of benzene rings is 1. The van der Waals surface area contributed by atoms with Crippen LogP contribution in [0, 0.1) is 19.8 Å². The molecular weight excluding hydrogens is 220 g/mol. The zero-order chi connectivity index (χ0) is 13.7. The lowest BCUT2D eigenvalue weighted by Gasteiger charge is -2.24. The minimum absolute atomic E-state index is 0.581. The fourth-order valence-corrected chi connectivity index (χ4v) is 2.05. The molecule has 0 aliphatic carbocycles. The molecule has 0 aliphatic heterocycles. The van der Waals surface area contributed by atoms with Gasteiger partial charge in [0.1, 0.15) is 0 Å². The van der Waals surface area contributed by atoms with E-state index in [0.717, 1.165) is 13.1 Å². The van der Waals surface area contributed by atoms with Gasteiger partial charge in [-0.25, -0.2) is 0 Å². The average molecular weight is 248 g/mol. The molecule has 1 N–H and O–H groups in total. The molecule has 0 saturated heterocycles. The molecular formula is C16H28N2. The van der Waals surface area contributed by atoms with Crippen molar-refractivity contribution in [2.45, 2.75) is 40.7 Å². The lowest BCUT2D eigenvalue weighted by Crippen LogP contribution is -2.37. The summed E-state index contributed by atoms with van der Waals surface area (Å²) in [5, 5.41) is 3.57. The first-order chi connectivity index (χ1) is 8.41. The van der Waals surface area contributed by atoms with E-state index in [2.05, 4.69) is 70.1 Å². The van der Waals surface area contributed by atoms with E-state index in [1.54, 1.807) is 0 Å². The Morgan fingerprint density at radius 2 is 1.83 bits per heavy atom. The number of aryl methyl sites for hydroxylation is 2. The molecule has 0 aromatic heterocycles. The van der Waals surface area contributed by atoms with Crippen LogP contribution in [0.2, 0.25) is 0 Å². The van der Waals surface area contributed by atoms with Gasteiger partial charge in [0.05, 0.1) is 0 Å². The second-order valence-electron chi connectivity index (χ2n) is 5.70. The van der Waals surface area contributed by atoms with Crippen LogP contribution in [0.15, 0.2) is 18.2 Å². The summed E-state index contributed by atoms with van der Waals surface area (Å²) in [4.78, 5) is 2.33. The summed E-state index contributed by atoms with van der Waals surface area (Å²) in [5.74, 6) is 0.691. The first kappa shape index (κ1) is 15.0. The molecule has 0 spiro atoms. The van der Waals surface area contributed by atoms with E-state index in [1.165, 1.54) is 16.8 Å². The quantitative estimate of drug-likeness (QED) is 0.830. The fourth-order valence-electron chi connectivity index (χ4n) is 2.05. The molecule has 0 radical (unpaired) electrons. The van der Waals surface area contributed by atoms with Gasteiger partial charge in [0, 0.05) is 31.9 Å². The lowest BCUT2D eigenvalue weighted by atomic mass is 10.1. The minimum Gasteiger partial charge on any atom is -0.373 e. The van der Waals surface area contributed by atoms with Gasteiger partial charge in [-0.2, -0.15) is 0 Å². The van der Waals surface area contributed by atoms with E-state index >= 15 is 0 Å². The standard InChI is InChI=1S/C16H28N2/c1-12(2)15(5)17-9-10-18(6)16-8-7-13(3)11-14(16)4/h7-8,11-12,15,17H,9-10H2,1-6H3. The maximum Gasteiger partial charge on any atom is 0.0393 e. The van der Waals surface area contributed by atoms with Crippen molar-refractivity contribution < 1.29 is 0 Å². The third kappa shape index (κ3) is 4.34.